The smallest absolute Gasteiger partial charge is 0.231 e. The van der Waals surface area contributed by atoms with Crippen molar-refractivity contribution in [3.05, 3.63) is 11.7 Å². The van der Waals surface area contributed by atoms with Crippen molar-refractivity contribution < 1.29 is 14.1 Å². The molecule has 2 saturated carbocycles. The van der Waals surface area contributed by atoms with E-state index in [9.17, 15) is 4.79 Å². The van der Waals surface area contributed by atoms with E-state index in [4.69, 9.17) is 9.26 Å². The van der Waals surface area contributed by atoms with Crippen LogP contribution in [0.5, 0.6) is 0 Å². The highest BCUT2D eigenvalue weighted by molar-refractivity contribution is 5.79. The van der Waals surface area contributed by atoms with Gasteiger partial charge < -0.3 is 14.2 Å². The normalized spacial score (nSPS) is 24.8. The Morgan fingerprint density at radius 3 is 2.77 bits per heavy atom. The van der Waals surface area contributed by atoms with Gasteiger partial charge in [-0.05, 0) is 44.4 Å². The number of likely N-dealkylation sites (tertiary alicyclic amines) is 1. The summed E-state index contributed by atoms with van der Waals surface area (Å²) < 4.78 is 11.2. The number of nitrogens with zero attached hydrogens (tertiary/aromatic N) is 3. The first kappa shape index (κ1) is 18.0. The van der Waals surface area contributed by atoms with E-state index in [1.165, 1.54) is 32.1 Å². The highest BCUT2D eigenvalue weighted by Crippen LogP contribution is 2.31. The second kappa shape index (κ2) is 8.51. The summed E-state index contributed by atoms with van der Waals surface area (Å²) in [6.07, 6.45) is 11.2. The fourth-order valence-corrected chi connectivity index (χ4v) is 4.22. The number of aromatic nitrogens is 2. The first-order valence-corrected chi connectivity index (χ1v) is 10.5. The van der Waals surface area contributed by atoms with Gasteiger partial charge in [0.15, 0.2) is 5.82 Å². The molecule has 144 valence electrons. The van der Waals surface area contributed by atoms with E-state index >= 15 is 0 Å². The van der Waals surface area contributed by atoms with Gasteiger partial charge in [-0.1, -0.05) is 24.4 Å². The van der Waals surface area contributed by atoms with Crippen LogP contribution in [0.15, 0.2) is 4.52 Å². The van der Waals surface area contributed by atoms with Crippen LogP contribution >= 0.6 is 0 Å². The number of hydrogen-bond donors (Lipinski definition) is 0. The van der Waals surface area contributed by atoms with Gasteiger partial charge in [0, 0.05) is 32.0 Å². The standard InChI is InChI=1S/C20H31N3O3/c24-20(16-5-2-1-3-6-16)23-11-4-7-17(13-23)19-21-18(22-26-19)10-12-25-14-15-8-9-15/h15-17H,1-14H2. The van der Waals surface area contributed by atoms with Crippen LogP contribution in [0, 0.1) is 11.8 Å². The largest absolute Gasteiger partial charge is 0.381 e. The molecule has 1 aromatic heterocycles. The zero-order valence-electron chi connectivity index (χ0n) is 15.7. The average Bonchev–Trinajstić information content (AvgIpc) is 3.41. The van der Waals surface area contributed by atoms with Crippen LogP contribution in [0.3, 0.4) is 0 Å². The summed E-state index contributed by atoms with van der Waals surface area (Å²) >= 11 is 0. The maximum atomic E-state index is 12.8. The lowest BCUT2D eigenvalue weighted by atomic mass is 9.87. The lowest BCUT2D eigenvalue weighted by molar-refractivity contribution is -0.137. The second-order valence-electron chi connectivity index (χ2n) is 8.28. The topological polar surface area (TPSA) is 68.5 Å². The molecule has 0 N–H and O–H groups in total. The van der Waals surface area contributed by atoms with Gasteiger partial charge in [0.25, 0.3) is 0 Å². The summed E-state index contributed by atoms with van der Waals surface area (Å²) in [5.41, 5.74) is 0. The quantitative estimate of drug-likeness (QED) is 0.697. The minimum atomic E-state index is 0.185. The van der Waals surface area contributed by atoms with Gasteiger partial charge >= 0.3 is 0 Å². The molecule has 1 saturated heterocycles. The Bertz CT molecular complexity index is 593. The Kier molecular flexibility index (Phi) is 5.88. The predicted octanol–water partition coefficient (Wildman–Crippen LogP) is 3.33. The van der Waals surface area contributed by atoms with Crippen LogP contribution < -0.4 is 0 Å². The molecule has 0 radical (unpaired) electrons. The first-order chi connectivity index (χ1) is 12.8. The number of carbonyl (C=O) groups excluding carboxylic acids is 1. The van der Waals surface area contributed by atoms with Crippen molar-refractivity contribution in [2.24, 2.45) is 11.8 Å². The van der Waals surface area contributed by atoms with Crippen LogP contribution in [0.1, 0.15) is 75.4 Å². The third kappa shape index (κ3) is 4.64. The number of hydrogen-bond acceptors (Lipinski definition) is 5. The molecular weight excluding hydrogens is 330 g/mol. The van der Waals surface area contributed by atoms with Gasteiger partial charge in [-0.25, -0.2) is 0 Å². The zero-order valence-corrected chi connectivity index (χ0v) is 15.7. The van der Waals surface area contributed by atoms with Crippen molar-refractivity contribution in [2.45, 2.75) is 70.1 Å². The molecule has 0 spiro atoms. The van der Waals surface area contributed by atoms with E-state index < -0.39 is 0 Å². The Balaban J connectivity index is 1.27. The van der Waals surface area contributed by atoms with E-state index in [0.29, 0.717) is 24.8 Å². The SMILES string of the molecule is O=C(C1CCCCC1)N1CCCC(c2nc(CCOCC3CC3)no2)C1. The van der Waals surface area contributed by atoms with Gasteiger partial charge in [0.1, 0.15) is 0 Å². The van der Waals surface area contributed by atoms with E-state index in [1.807, 2.05) is 4.90 Å². The van der Waals surface area contributed by atoms with Crippen LogP contribution in [-0.2, 0) is 16.0 Å². The summed E-state index contributed by atoms with van der Waals surface area (Å²) in [5.74, 6) is 2.98. The van der Waals surface area contributed by atoms with E-state index in [2.05, 4.69) is 10.1 Å². The van der Waals surface area contributed by atoms with Gasteiger partial charge in [-0.2, -0.15) is 4.98 Å². The molecule has 1 aliphatic heterocycles. The maximum absolute atomic E-state index is 12.8. The second-order valence-corrected chi connectivity index (χ2v) is 8.28. The van der Waals surface area contributed by atoms with Gasteiger partial charge in [-0.15, -0.1) is 0 Å². The molecule has 3 fully saturated rings. The van der Waals surface area contributed by atoms with Crippen molar-refractivity contribution in [2.75, 3.05) is 26.3 Å². The Morgan fingerprint density at radius 1 is 1.12 bits per heavy atom. The van der Waals surface area contributed by atoms with Crippen LogP contribution in [0.25, 0.3) is 0 Å². The first-order valence-electron chi connectivity index (χ1n) is 10.5. The molecular formula is C20H31N3O3. The summed E-state index contributed by atoms with van der Waals surface area (Å²) in [4.78, 5) is 19.4. The number of rotatable bonds is 7. The molecule has 0 aromatic carbocycles. The van der Waals surface area contributed by atoms with Gasteiger partial charge in [0.05, 0.1) is 12.5 Å². The van der Waals surface area contributed by atoms with Crippen molar-refractivity contribution in [3.63, 3.8) is 0 Å². The molecule has 6 heteroatoms. The molecule has 1 atom stereocenters. The molecule has 1 amide bonds. The number of amides is 1. The molecule has 4 rings (SSSR count). The summed E-state index contributed by atoms with van der Waals surface area (Å²) in [7, 11) is 0. The number of ether oxygens (including phenoxy) is 1. The monoisotopic (exact) mass is 361 g/mol. The molecule has 26 heavy (non-hydrogen) atoms. The van der Waals surface area contributed by atoms with Gasteiger partial charge in [0.2, 0.25) is 11.8 Å². The molecule has 0 bridgehead atoms. The fourth-order valence-electron chi connectivity index (χ4n) is 4.22. The average molecular weight is 361 g/mol. The lowest BCUT2D eigenvalue weighted by Crippen LogP contribution is -2.42. The Morgan fingerprint density at radius 2 is 1.96 bits per heavy atom. The Labute approximate surface area is 155 Å². The molecule has 1 aromatic rings. The van der Waals surface area contributed by atoms with Crippen molar-refractivity contribution in [1.82, 2.24) is 15.0 Å². The van der Waals surface area contributed by atoms with Crippen LogP contribution in [0.4, 0.5) is 0 Å². The zero-order chi connectivity index (χ0) is 17.8. The van der Waals surface area contributed by atoms with Crippen molar-refractivity contribution in [1.29, 1.82) is 0 Å². The lowest BCUT2D eigenvalue weighted by Gasteiger charge is -2.34. The molecule has 3 aliphatic rings. The van der Waals surface area contributed by atoms with Crippen LogP contribution in [0.2, 0.25) is 0 Å². The number of piperidine rings is 1. The highest BCUT2D eigenvalue weighted by atomic mass is 16.5. The summed E-state index contributed by atoms with van der Waals surface area (Å²) in [5, 5.41) is 4.11. The minimum Gasteiger partial charge on any atom is -0.381 e. The number of carbonyl (C=O) groups is 1. The summed E-state index contributed by atoms with van der Waals surface area (Å²) in [6.45, 7) is 3.13. The van der Waals surface area contributed by atoms with Gasteiger partial charge in [-0.3, -0.25) is 4.79 Å². The predicted molar refractivity (Wildman–Crippen MR) is 96.7 cm³/mol. The molecule has 6 nitrogen and oxygen atoms in total. The summed E-state index contributed by atoms with van der Waals surface area (Å²) in [6, 6.07) is 0. The Hall–Kier alpha value is -1.43. The third-order valence-electron chi connectivity index (χ3n) is 6.04. The minimum absolute atomic E-state index is 0.185. The van der Waals surface area contributed by atoms with E-state index in [1.54, 1.807) is 0 Å². The van der Waals surface area contributed by atoms with Crippen molar-refractivity contribution >= 4 is 5.91 Å². The molecule has 2 aliphatic carbocycles. The third-order valence-corrected chi connectivity index (χ3v) is 6.04. The highest BCUT2D eigenvalue weighted by Gasteiger charge is 2.32. The van der Waals surface area contributed by atoms with E-state index in [-0.39, 0.29) is 11.8 Å². The molecule has 2 heterocycles. The maximum Gasteiger partial charge on any atom is 0.231 e. The van der Waals surface area contributed by atoms with E-state index in [0.717, 1.165) is 57.1 Å². The van der Waals surface area contributed by atoms with Crippen molar-refractivity contribution in [3.8, 4) is 0 Å². The van der Waals surface area contributed by atoms with Crippen LogP contribution in [-0.4, -0.2) is 47.3 Å². The fraction of sp³-hybridized carbons (Fsp3) is 0.850. The molecule has 1 unspecified atom stereocenters.